The molecule has 0 fully saturated rings. The van der Waals surface area contributed by atoms with E-state index in [1.54, 1.807) is 20.2 Å². The summed E-state index contributed by atoms with van der Waals surface area (Å²) in [6.45, 7) is 4.86. The van der Waals surface area contributed by atoms with Crippen LogP contribution in [0.1, 0.15) is 19.2 Å². The highest BCUT2D eigenvalue weighted by Crippen LogP contribution is 2.01. The SMILES string of the molecule is COCCNCc1nccn1CCC(C)O. The van der Waals surface area contributed by atoms with Crippen LogP contribution in [0.4, 0.5) is 0 Å². The highest BCUT2D eigenvalue weighted by molar-refractivity contribution is 4.91. The number of rotatable bonds is 8. The monoisotopic (exact) mass is 227 g/mol. The predicted molar refractivity (Wildman–Crippen MR) is 62.1 cm³/mol. The molecule has 0 aliphatic rings. The lowest BCUT2D eigenvalue weighted by atomic mass is 10.3. The highest BCUT2D eigenvalue weighted by atomic mass is 16.5. The maximum Gasteiger partial charge on any atom is 0.122 e. The molecule has 0 saturated carbocycles. The van der Waals surface area contributed by atoms with Gasteiger partial charge in [0.2, 0.25) is 0 Å². The van der Waals surface area contributed by atoms with Gasteiger partial charge >= 0.3 is 0 Å². The van der Waals surface area contributed by atoms with Gasteiger partial charge in [-0.15, -0.1) is 0 Å². The molecule has 1 atom stereocenters. The average molecular weight is 227 g/mol. The van der Waals surface area contributed by atoms with Crippen LogP contribution in [0.5, 0.6) is 0 Å². The minimum absolute atomic E-state index is 0.267. The normalized spacial score (nSPS) is 12.9. The number of methoxy groups -OCH3 is 1. The van der Waals surface area contributed by atoms with E-state index in [4.69, 9.17) is 4.74 Å². The highest BCUT2D eigenvalue weighted by Gasteiger charge is 2.03. The van der Waals surface area contributed by atoms with E-state index in [-0.39, 0.29) is 6.10 Å². The number of aliphatic hydroxyl groups excluding tert-OH is 1. The molecule has 0 aromatic carbocycles. The molecule has 16 heavy (non-hydrogen) atoms. The van der Waals surface area contributed by atoms with E-state index in [2.05, 4.69) is 14.9 Å². The first-order valence-electron chi connectivity index (χ1n) is 5.61. The lowest BCUT2D eigenvalue weighted by Gasteiger charge is -2.09. The smallest absolute Gasteiger partial charge is 0.122 e. The molecule has 0 radical (unpaired) electrons. The summed E-state index contributed by atoms with van der Waals surface area (Å²) in [6, 6.07) is 0. The Hall–Kier alpha value is -0.910. The average Bonchev–Trinajstić information content (AvgIpc) is 2.69. The van der Waals surface area contributed by atoms with Crippen molar-refractivity contribution < 1.29 is 9.84 Å². The van der Waals surface area contributed by atoms with Crippen LogP contribution in [0.25, 0.3) is 0 Å². The van der Waals surface area contributed by atoms with E-state index in [9.17, 15) is 5.11 Å². The molecule has 0 aliphatic carbocycles. The molecule has 0 bridgehead atoms. The van der Waals surface area contributed by atoms with Crippen molar-refractivity contribution in [1.82, 2.24) is 14.9 Å². The van der Waals surface area contributed by atoms with Gasteiger partial charge in [-0.05, 0) is 13.3 Å². The molecule has 0 aliphatic heterocycles. The number of hydrogen-bond acceptors (Lipinski definition) is 4. The van der Waals surface area contributed by atoms with Crippen LogP contribution < -0.4 is 5.32 Å². The first kappa shape index (κ1) is 13.2. The Labute approximate surface area is 96.4 Å². The Morgan fingerprint density at radius 3 is 3.12 bits per heavy atom. The molecular formula is C11H21N3O2. The van der Waals surface area contributed by atoms with E-state index in [1.165, 1.54) is 0 Å². The van der Waals surface area contributed by atoms with Crippen LogP contribution >= 0.6 is 0 Å². The van der Waals surface area contributed by atoms with Crippen molar-refractivity contribution in [1.29, 1.82) is 0 Å². The van der Waals surface area contributed by atoms with Crippen molar-refractivity contribution >= 4 is 0 Å². The predicted octanol–water partition coefficient (Wildman–Crippen LogP) is 0.390. The summed E-state index contributed by atoms with van der Waals surface area (Å²) in [5.41, 5.74) is 0. The quantitative estimate of drug-likeness (QED) is 0.631. The van der Waals surface area contributed by atoms with Crippen molar-refractivity contribution in [3.05, 3.63) is 18.2 Å². The Morgan fingerprint density at radius 2 is 2.44 bits per heavy atom. The molecular weight excluding hydrogens is 206 g/mol. The maximum absolute atomic E-state index is 9.22. The standard InChI is InChI=1S/C11H21N3O2/c1-10(15)3-6-14-7-4-13-11(14)9-12-5-8-16-2/h4,7,10,12,15H,3,5-6,8-9H2,1-2H3. The maximum atomic E-state index is 9.22. The third kappa shape index (κ3) is 4.74. The minimum Gasteiger partial charge on any atom is -0.393 e. The van der Waals surface area contributed by atoms with E-state index in [1.807, 2.05) is 6.20 Å². The van der Waals surface area contributed by atoms with E-state index >= 15 is 0 Å². The molecule has 0 saturated heterocycles. The van der Waals surface area contributed by atoms with Gasteiger partial charge in [0.15, 0.2) is 0 Å². The van der Waals surface area contributed by atoms with Crippen LogP contribution in [0.3, 0.4) is 0 Å². The number of hydrogen-bond donors (Lipinski definition) is 2. The summed E-state index contributed by atoms with van der Waals surface area (Å²) in [5, 5.41) is 12.5. The van der Waals surface area contributed by atoms with Gasteiger partial charge in [-0.1, -0.05) is 0 Å². The number of ether oxygens (including phenoxy) is 1. The lowest BCUT2D eigenvalue weighted by Crippen LogP contribution is -2.21. The van der Waals surface area contributed by atoms with Gasteiger partial charge in [0.25, 0.3) is 0 Å². The number of nitrogens with zero attached hydrogens (tertiary/aromatic N) is 2. The van der Waals surface area contributed by atoms with Gasteiger partial charge < -0.3 is 19.7 Å². The van der Waals surface area contributed by atoms with Crippen molar-refractivity contribution in [2.75, 3.05) is 20.3 Å². The summed E-state index contributed by atoms with van der Waals surface area (Å²) in [4.78, 5) is 4.27. The van der Waals surface area contributed by atoms with E-state index in [0.717, 1.165) is 31.9 Å². The zero-order valence-corrected chi connectivity index (χ0v) is 10.0. The van der Waals surface area contributed by atoms with Gasteiger partial charge in [-0.3, -0.25) is 0 Å². The van der Waals surface area contributed by atoms with E-state index in [0.29, 0.717) is 6.61 Å². The Balaban J connectivity index is 2.32. The van der Waals surface area contributed by atoms with Gasteiger partial charge in [0, 0.05) is 32.6 Å². The molecule has 1 rings (SSSR count). The molecule has 1 unspecified atom stereocenters. The van der Waals surface area contributed by atoms with Crippen LogP contribution in [0.2, 0.25) is 0 Å². The van der Waals surface area contributed by atoms with Gasteiger partial charge in [-0.2, -0.15) is 0 Å². The number of aliphatic hydroxyl groups is 1. The van der Waals surface area contributed by atoms with Gasteiger partial charge in [-0.25, -0.2) is 4.98 Å². The fourth-order valence-corrected chi connectivity index (χ4v) is 1.41. The molecule has 92 valence electrons. The Bertz CT molecular complexity index is 287. The zero-order chi connectivity index (χ0) is 11.8. The van der Waals surface area contributed by atoms with Gasteiger partial charge in [0.1, 0.15) is 5.82 Å². The van der Waals surface area contributed by atoms with Crippen molar-refractivity contribution in [2.45, 2.75) is 32.5 Å². The van der Waals surface area contributed by atoms with Crippen LogP contribution in [0, 0.1) is 0 Å². The second-order valence-corrected chi connectivity index (χ2v) is 3.84. The second-order valence-electron chi connectivity index (χ2n) is 3.84. The van der Waals surface area contributed by atoms with Gasteiger partial charge in [0.05, 0.1) is 19.3 Å². The van der Waals surface area contributed by atoms with Crippen LogP contribution in [-0.4, -0.2) is 41.0 Å². The molecule has 0 amide bonds. The molecule has 5 heteroatoms. The van der Waals surface area contributed by atoms with E-state index < -0.39 is 0 Å². The Kier molecular flexibility index (Phi) is 6.07. The molecule has 5 nitrogen and oxygen atoms in total. The lowest BCUT2D eigenvalue weighted by molar-refractivity contribution is 0.177. The van der Waals surface area contributed by atoms with Crippen LogP contribution in [-0.2, 0) is 17.8 Å². The number of aromatic nitrogens is 2. The topological polar surface area (TPSA) is 59.3 Å². The summed E-state index contributed by atoms with van der Waals surface area (Å²) < 4.78 is 7.01. The minimum atomic E-state index is -0.267. The molecule has 0 spiro atoms. The first-order valence-corrected chi connectivity index (χ1v) is 5.61. The van der Waals surface area contributed by atoms with Crippen LogP contribution in [0.15, 0.2) is 12.4 Å². The van der Waals surface area contributed by atoms with Crippen molar-refractivity contribution in [3.8, 4) is 0 Å². The largest absolute Gasteiger partial charge is 0.393 e. The first-order chi connectivity index (χ1) is 7.74. The Morgan fingerprint density at radius 1 is 1.62 bits per heavy atom. The number of nitrogens with one attached hydrogen (secondary N) is 1. The fourth-order valence-electron chi connectivity index (χ4n) is 1.41. The third-order valence-electron chi connectivity index (χ3n) is 2.36. The number of aryl methyl sites for hydroxylation is 1. The molecule has 2 N–H and O–H groups in total. The number of imidazole rings is 1. The van der Waals surface area contributed by atoms with Crippen molar-refractivity contribution in [3.63, 3.8) is 0 Å². The molecule has 1 aromatic rings. The van der Waals surface area contributed by atoms with Crippen molar-refractivity contribution in [2.24, 2.45) is 0 Å². The molecule has 1 heterocycles. The summed E-state index contributed by atoms with van der Waals surface area (Å²) >= 11 is 0. The third-order valence-corrected chi connectivity index (χ3v) is 2.36. The fraction of sp³-hybridized carbons (Fsp3) is 0.727. The summed E-state index contributed by atoms with van der Waals surface area (Å²) in [6.07, 6.45) is 4.21. The molecule has 1 aromatic heterocycles. The summed E-state index contributed by atoms with van der Waals surface area (Å²) in [7, 11) is 1.69. The zero-order valence-electron chi connectivity index (χ0n) is 10.0. The second kappa shape index (κ2) is 7.38. The summed E-state index contributed by atoms with van der Waals surface area (Å²) in [5.74, 6) is 0.997.